The van der Waals surface area contributed by atoms with Gasteiger partial charge in [-0.1, -0.05) is 217 Å². The molecule has 0 N–H and O–H groups in total. The standard InChI is InChI=1S/C61H90O6/c1-4-7-10-13-16-19-22-25-27-29-30-32-33-36-39-42-45-48-51-54-60(63)66-57-58(56-65-59(62)53-50-47-44-41-38-35-24-21-18-15-12-9-6-3)67-61(64)55-52-49-46-43-40-37-34-31-28-26-23-20-17-14-11-8-5-2/h7-12,15-21,24-28,30,32,34-35,37-38,41,43-44,46,58H,4-6,13-14,22-23,29,31,33,36,39-40,42,45,47-57H2,1-3H3/b10-7+,11-8+,12-9+,18-15+,19-16+,20-17+,24-21+,27-25+,28-26+,32-30+,37-34+,38-35+,44-41+,46-43+. The van der Waals surface area contributed by atoms with Crippen molar-refractivity contribution in [3.8, 4) is 0 Å². The minimum Gasteiger partial charge on any atom is -0.462 e. The predicted molar refractivity (Wildman–Crippen MR) is 288 cm³/mol. The van der Waals surface area contributed by atoms with Gasteiger partial charge in [-0.25, -0.2) is 0 Å². The molecule has 0 aromatic carbocycles. The third kappa shape index (κ3) is 51.6. The fraction of sp³-hybridized carbons (Fsp3) is 0.492. The molecule has 0 aliphatic heterocycles. The lowest BCUT2D eigenvalue weighted by atomic mass is 10.1. The molecule has 0 rings (SSSR count). The zero-order valence-corrected chi connectivity index (χ0v) is 42.1. The maximum atomic E-state index is 12.8. The van der Waals surface area contributed by atoms with E-state index in [1.54, 1.807) is 0 Å². The Balaban J connectivity index is 4.62. The molecule has 1 unspecified atom stereocenters. The topological polar surface area (TPSA) is 78.9 Å². The van der Waals surface area contributed by atoms with Crippen LogP contribution in [0.2, 0.25) is 0 Å². The molecule has 0 aromatic heterocycles. The van der Waals surface area contributed by atoms with Gasteiger partial charge in [-0.05, 0) is 109 Å². The summed E-state index contributed by atoms with van der Waals surface area (Å²) in [6.45, 7) is 6.11. The maximum absolute atomic E-state index is 12.8. The van der Waals surface area contributed by atoms with E-state index < -0.39 is 12.1 Å². The Bertz CT molecular complexity index is 1620. The van der Waals surface area contributed by atoms with E-state index in [9.17, 15) is 14.4 Å². The van der Waals surface area contributed by atoms with Gasteiger partial charge in [0.15, 0.2) is 6.10 Å². The average Bonchev–Trinajstić information content (AvgIpc) is 3.33. The van der Waals surface area contributed by atoms with Crippen LogP contribution in [-0.4, -0.2) is 37.2 Å². The van der Waals surface area contributed by atoms with Crippen LogP contribution in [0.5, 0.6) is 0 Å². The van der Waals surface area contributed by atoms with Crippen molar-refractivity contribution in [2.45, 2.75) is 181 Å². The summed E-state index contributed by atoms with van der Waals surface area (Å²) in [6.07, 6.45) is 79.2. The van der Waals surface area contributed by atoms with Crippen molar-refractivity contribution in [2.24, 2.45) is 0 Å². The van der Waals surface area contributed by atoms with Crippen LogP contribution < -0.4 is 0 Å². The molecule has 0 bridgehead atoms. The van der Waals surface area contributed by atoms with E-state index in [4.69, 9.17) is 14.2 Å². The first-order chi connectivity index (χ1) is 33.0. The highest BCUT2D eigenvalue weighted by Crippen LogP contribution is 2.11. The molecule has 1 atom stereocenters. The third-order valence-electron chi connectivity index (χ3n) is 9.83. The van der Waals surface area contributed by atoms with Crippen LogP contribution in [0.3, 0.4) is 0 Å². The minimum absolute atomic E-state index is 0.140. The zero-order chi connectivity index (χ0) is 48.6. The molecule has 370 valence electrons. The summed E-state index contributed by atoms with van der Waals surface area (Å²) in [5, 5.41) is 0. The molecule has 0 saturated heterocycles. The van der Waals surface area contributed by atoms with E-state index in [2.05, 4.69) is 136 Å². The molecule has 67 heavy (non-hydrogen) atoms. The molecular weight excluding hydrogens is 829 g/mol. The molecule has 0 amide bonds. The van der Waals surface area contributed by atoms with Gasteiger partial charge in [0.2, 0.25) is 0 Å². The number of hydrogen-bond donors (Lipinski definition) is 0. The molecule has 0 aliphatic carbocycles. The Labute approximate surface area is 409 Å². The maximum Gasteiger partial charge on any atom is 0.306 e. The monoisotopic (exact) mass is 919 g/mol. The fourth-order valence-corrected chi connectivity index (χ4v) is 6.08. The molecule has 0 heterocycles. The van der Waals surface area contributed by atoms with Crippen molar-refractivity contribution in [2.75, 3.05) is 13.2 Å². The molecule has 0 aliphatic rings. The molecule has 0 saturated carbocycles. The van der Waals surface area contributed by atoms with Crippen LogP contribution in [0.15, 0.2) is 170 Å². The summed E-state index contributed by atoms with van der Waals surface area (Å²) in [5.74, 6) is -1.11. The lowest BCUT2D eigenvalue weighted by molar-refractivity contribution is -0.167. The predicted octanol–water partition coefficient (Wildman–Crippen LogP) is 17.2. The molecule has 0 spiro atoms. The van der Waals surface area contributed by atoms with Gasteiger partial charge < -0.3 is 14.2 Å². The Morgan fingerprint density at radius 1 is 0.313 bits per heavy atom. The highest BCUT2D eigenvalue weighted by Gasteiger charge is 2.19. The Morgan fingerprint density at radius 3 is 1.07 bits per heavy atom. The van der Waals surface area contributed by atoms with E-state index in [0.29, 0.717) is 19.3 Å². The second-order valence-corrected chi connectivity index (χ2v) is 16.1. The van der Waals surface area contributed by atoms with E-state index in [0.717, 1.165) is 109 Å². The number of ether oxygens (including phenoxy) is 3. The van der Waals surface area contributed by atoms with Gasteiger partial charge in [-0.15, -0.1) is 0 Å². The smallest absolute Gasteiger partial charge is 0.306 e. The number of carbonyl (C=O) groups is 3. The molecular formula is C61H90O6. The van der Waals surface area contributed by atoms with Gasteiger partial charge in [-0.2, -0.15) is 0 Å². The average molecular weight is 919 g/mol. The highest BCUT2D eigenvalue weighted by molar-refractivity contribution is 5.71. The largest absolute Gasteiger partial charge is 0.462 e. The normalized spacial score (nSPS) is 13.5. The summed E-state index contributed by atoms with van der Waals surface area (Å²) >= 11 is 0. The lowest BCUT2D eigenvalue weighted by Gasteiger charge is -2.18. The number of unbranched alkanes of at least 4 members (excludes halogenated alkanes) is 8. The summed E-state index contributed by atoms with van der Waals surface area (Å²) in [6, 6.07) is 0. The van der Waals surface area contributed by atoms with Gasteiger partial charge in [0.1, 0.15) is 13.2 Å². The van der Waals surface area contributed by atoms with E-state index in [-0.39, 0.29) is 38.0 Å². The van der Waals surface area contributed by atoms with Gasteiger partial charge >= 0.3 is 17.9 Å². The second kappa shape index (κ2) is 53.4. The number of hydrogen-bond acceptors (Lipinski definition) is 6. The summed E-state index contributed by atoms with van der Waals surface area (Å²) < 4.78 is 16.7. The number of esters is 3. The molecule has 0 aromatic rings. The van der Waals surface area contributed by atoms with Gasteiger partial charge in [0.25, 0.3) is 0 Å². The van der Waals surface area contributed by atoms with Crippen LogP contribution in [0, 0.1) is 0 Å². The first-order valence-corrected chi connectivity index (χ1v) is 25.7. The Kier molecular flexibility index (Phi) is 49.2. The van der Waals surface area contributed by atoms with Crippen molar-refractivity contribution in [3.63, 3.8) is 0 Å². The van der Waals surface area contributed by atoms with Crippen LogP contribution in [-0.2, 0) is 28.6 Å². The number of allylic oxidation sites excluding steroid dienone is 28. The van der Waals surface area contributed by atoms with Gasteiger partial charge in [0.05, 0.1) is 0 Å². The van der Waals surface area contributed by atoms with Crippen LogP contribution >= 0.6 is 0 Å². The van der Waals surface area contributed by atoms with Crippen molar-refractivity contribution in [1.29, 1.82) is 0 Å². The molecule has 0 radical (unpaired) electrons. The van der Waals surface area contributed by atoms with E-state index in [1.165, 1.54) is 12.8 Å². The van der Waals surface area contributed by atoms with Gasteiger partial charge in [-0.3, -0.25) is 14.4 Å². The zero-order valence-electron chi connectivity index (χ0n) is 42.1. The van der Waals surface area contributed by atoms with Crippen LogP contribution in [0.4, 0.5) is 0 Å². The Morgan fingerprint density at radius 2 is 0.627 bits per heavy atom. The first-order valence-electron chi connectivity index (χ1n) is 25.7. The fourth-order valence-electron chi connectivity index (χ4n) is 6.08. The minimum atomic E-state index is -0.852. The van der Waals surface area contributed by atoms with Crippen LogP contribution in [0.1, 0.15) is 175 Å². The number of carbonyl (C=O) groups excluding carboxylic acids is 3. The molecule has 6 heteroatoms. The lowest BCUT2D eigenvalue weighted by Crippen LogP contribution is -2.30. The summed E-state index contributed by atoms with van der Waals surface area (Å²) in [5.41, 5.74) is 0. The Hall–Kier alpha value is -5.23. The van der Waals surface area contributed by atoms with Crippen molar-refractivity contribution in [3.05, 3.63) is 170 Å². The number of rotatable bonds is 43. The van der Waals surface area contributed by atoms with Crippen molar-refractivity contribution < 1.29 is 28.6 Å². The summed E-state index contributed by atoms with van der Waals surface area (Å²) in [7, 11) is 0. The van der Waals surface area contributed by atoms with Crippen molar-refractivity contribution >= 4 is 17.9 Å². The highest BCUT2D eigenvalue weighted by atomic mass is 16.6. The van der Waals surface area contributed by atoms with Crippen molar-refractivity contribution in [1.82, 2.24) is 0 Å². The van der Waals surface area contributed by atoms with Gasteiger partial charge in [0, 0.05) is 19.3 Å². The van der Waals surface area contributed by atoms with E-state index in [1.807, 2.05) is 54.7 Å². The second-order valence-electron chi connectivity index (χ2n) is 16.1. The summed E-state index contributed by atoms with van der Waals surface area (Å²) in [4.78, 5) is 38.0. The third-order valence-corrected chi connectivity index (χ3v) is 9.83. The molecule has 6 nitrogen and oxygen atoms in total. The first kappa shape index (κ1) is 61.8. The molecule has 0 fully saturated rings. The quantitative estimate of drug-likeness (QED) is 0.0199. The van der Waals surface area contributed by atoms with Crippen LogP contribution in [0.25, 0.3) is 0 Å². The van der Waals surface area contributed by atoms with E-state index >= 15 is 0 Å². The SMILES string of the molecule is CC/C=C/C=C/C=C/C=C/C=C/CCCC(=O)OCC(COC(=O)CCCCCCCC/C=C/C/C=C/C/C=C/C/C=C/CC)OC(=O)CCC/C=C/C/C=C/C/C=C/C/C=C/C/C=C/CC.